The minimum Gasteiger partial charge on any atom is -0.349 e. The van der Waals surface area contributed by atoms with Gasteiger partial charge in [0.25, 0.3) is 21.8 Å². The van der Waals surface area contributed by atoms with Gasteiger partial charge in [0, 0.05) is 22.9 Å². The van der Waals surface area contributed by atoms with Gasteiger partial charge < -0.3 is 10.6 Å². The fourth-order valence-corrected chi connectivity index (χ4v) is 4.46. The van der Waals surface area contributed by atoms with Crippen LogP contribution in [0.5, 0.6) is 0 Å². The van der Waals surface area contributed by atoms with Crippen LogP contribution in [0.3, 0.4) is 0 Å². The van der Waals surface area contributed by atoms with E-state index in [1.165, 1.54) is 12.1 Å². The Bertz CT molecular complexity index is 1310. The molecule has 0 spiro atoms. The molecular weight excluding hydrogens is 438 g/mol. The standard InChI is InChI=1S/C25H25N3O4S/c1-16-7-14-21(33(31,32)28-23-6-4-3-5-17(23)2)15-22(16)25(30)27-19-10-8-18(9-11-19)24(29)26-20-12-13-20/h3-11,14-15,20,28H,12-13H2,1-2H3,(H,26,29)(H,27,30). The molecule has 0 bridgehead atoms. The van der Waals surface area contributed by atoms with Gasteiger partial charge in [0.1, 0.15) is 0 Å². The number of aryl methyl sites for hydroxylation is 2. The number of anilines is 2. The molecule has 170 valence electrons. The van der Waals surface area contributed by atoms with E-state index in [0.29, 0.717) is 22.5 Å². The largest absolute Gasteiger partial charge is 0.349 e. The predicted molar refractivity (Wildman–Crippen MR) is 128 cm³/mol. The lowest BCUT2D eigenvalue weighted by atomic mass is 10.1. The smallest absolute Gasteiger partial charge is 0.261 e. The van der Waals surface area contributed by atoms with Gasteiger partial charge in [0.15, 0.2) is 0 Å². The average Bonchev–Trinajstić information content (AvgIpc) is 3.60. The molecule has 1 aliphatic rings. The average molecular weight is 464 g/mol. The highest BCUT2D eigenvalue weighted by Gasteiger charge is 2.24. The minimum atomic E-state index is -3.88. The predicted octanol–water partition coefficient (Wildman–Crippen LogP) is 4.25. The van der Waals surface area contributed by atoms with E-state index in [4.69, 9.17) is 0 Å². The molecule has 33 heavy (non-hydrogen) atoms. The number of carbonyl (C=O) groups excluding carboxylic acids is 2. The lowest BCUT2D eigenvalue weighted by Crippen LogP contribution is -2.25. The molecule has 0 aliphatic heterocycles. The Hall–Kier alpha value is -3.65. The van der Waals surface area contributed by atoms with Crippen LogP contribution >= 0.6 is 0 Å². The Morgan fingerprint density at radius 1 is 0.848 bits per heavy atom. The Morgan fingerprint density at radius 2 is 1.55 bits per heavy atom. The number of carbonyl (C=O) groups is 2. The summed E-state index contributed by atoms with van der Waals surface area (Å²) in [6.45, 7) is 3.55. The highest BCUT2D eigenvalue weighted by molar-refractivity contribution is 7.92. The van der Waals surface area contributed by atoms with Gasteiger partial charge in [-0.15, -0.1) is 0 Å². The van der Waals surface area contributed by atoms with E-state index < -0.39 is 15.9 Å². The Morgan fingerprint density at radius 3 is 2.21 bits per heavy atom. The number of benzene rings is 3. The number of hydrogen-bond acceptors (Lipinski definition) is 4. The molecule has 3 N–H and O–H groups in total. The van der Waals surface area contributed by atoms with E-state index in [9.17, 15) is 18.0 Å². The normalized spacial score (nSPS) is 13.3. The number of sulfonamides is 1. The van der Waals surface area contributed by atoms with Gasteiger partial charge >= 0.3 is 0 Å². The minimum absolute atomic E-state index is 0.00593. The van der Waals surface area contributed by atoms with Gasteiger partial charge in [0.05, 0.1) is 10.6 Å². The first-order valence-corrected chi connectivity index (χ1v) is 12.1. The molecule has 7 nitrogen and oxygen atoms in total. The van der Waals surface area contributed by atoms with Crippen molar-refractivity contribution in [1.29, 1.82) is 0 Å². The van der Waals surface area contributed by atoms with Crippen molar-refractivity contribution in [2.75, 3.05) is 10.0 Å². The molecule has 4 rings (SSSR count). The topological polar surface area (TPSA) is 104 Å². The van der Waals surface area contributed by atoms with Crippen molar-refractivity contribution in [1.82, 2.24) is 5.32 Å². The third kappa shape index (κ3) is 5.40. The van der Waals surface area contributed by atoms with Gasteiger partial charge in [-0.25, -0.2) is 8.42 Å². The van der Waals surface area contributed by atoms with E-state index >= 15 is 0 Å². The van der Waals surface area contributed by atoms with Gasteiger partial charge in [-0.2, -0.15) is 0 Å². The van der Waals surface area contributed by atoms with E-state index in [2.05, 4.69) is 15.4 Å². The number of amides is 2. The third-order valence-electron chi connectivity index (χ3n) is 5.47. The lowest BCUT2D eigenvalue weighted by Gasteiger charge is -2.13. The number of nitrogens with one attached hydrogen (secondary N) is 3. The summed E-state index contributed by atoms with van der Waals surface area (Å²) in [5.41, 5.74) is 3.19. The molecule has 2 amide bonds. The van der Waals surface area contributed by atoms with Gasteiger partial charge in [-0.3, -0.25) is 14.3 Å². The summed E-state index contributed by atoms with van der Waals surface area (Å²) in [5.74, 6) is -0.569. The zero-order valence-electron chi connectivity index (χ0n) is 18.4. The first kappa shape index (κ1) is 22.5. The quantitative estimate of drug-likeness (QED) is 0.487. The van der Waals surface area contributed by atoms with Crippen molar-refractivity contribution in [3.05, 3.63) is 89.0 Å². The van der Waals surface area contributed by atoms with Crippen LogP contribution in [0.4, 0.5) is 11.4 Å². The van der Waals surface area contributed by atoms with Crippen LogP contribution in [-0.4, -0.2) is 26.3 Å². The highest BCUT2D eigenvalue weighted by atomic mass is 32.2. The zero-order chi connectivity index (χ0) is 23.6. The van der Waals surface area contributed by atoms with Crippen LogP contribution in [0.1, 0.15) is 44.7 Å². The Balaban J connectivity index is 1.50. The summed E-state index contributed by atoms with van der Waals surface area (Å²) in [4.78, 5) is 25.0. The van der Waals surface area contributed by atoms with Gasteiger partial charge in [-0.05, 0) is 80.3 Å². The molecule has 0 saturated heterocycles. The molecule has 3 aromatic carbocycles. The second-order valence-electron chi connectivity index (χ2n) is 8.18. The van der Waals surface area contributed by atoms with Crippen molar-refractivity contribution in [2.24, 2.45) is 0 Å². The summed E-state index contributed by atoms with van der Waals surface area (Å²) in [7, 11) is -3.88. The molecule has 3 aromatic rings. The second-order valence-corrected chi connectivity index (χ2v) is 9.86. The van der Waals surface area contributed by atoms with E-state index in [-0.39, 0.29) is 22.4 Å². The van der Waals surface area contributed by atoms with Crippen LogP contribution in [0.25, 0.3) is 0 Å². The van der Waals surface area contributed by atoms with Crippen molar-refractivity contribution < 1.29 is 18.0 Å². The third-order valence-corrected chi connectivity index (χ3v) is 6.83. The fourth-order valence-electron chi connectivity index (χ4n) is 3.30. The first-order valence-electron chi connectivity index (χ1n) is 10.6. The van der Waals surface area contributed by atoms with E-state index in [1.54, 1.807) is 49.4 Å². The maximum absolute atomic E-state index is 12.9. The fraction of sp³-hybridized carbons (Fsp3) is 0.200. The molecular formula is C25H25N3O4S. The summed E-state index contributed by atoms with van der Waals surface area (Å²) in [6, 6.07) is 18.4. The van der Waals surface area contributed by atoms with Crippen LogP contribution in [0.2, 0.25) is 0 Å². The monoisotopic (exact) mass is 463 g/mol. The van der Waals surface area contributed by atoms with Crippen molar-refractivity contribution in [3.8, 4) is 0 Å². The molecule has 0 unspecified atom stereocenters. The van der Waals surface area contributed by atoms with Crippen LogP contribution in [-0.2, 0) is 10.0 Å². The van der Waals surface area contributed by atoms with Crippen molar-refractivity contribution >= 4 is 33.2 Å². The SMILES string of the molecule is Cc1ccccc1NS(=O)(=O)c1ccc(C)c(C(=O)Nc2ccc(C(=O)NC3CC3)cc2)c1. The van der Waals surface area contributed by atoms with Crippen molar-refractivity contribution in [3.63, 3.8) is 0 Å². The van der Waals surface area contributed by atoms with E-state index in [0.717, 1.165) is 18.4 Å². The second kappa shape index (κ2) is 9.07. The summed E-state index contributed by atoms with van der Waals surface area (Å²) in [6.07, 6.45) is 2.02. The molecule has 1 fully saturated rings. The first-order chi connectivity index (χ1) is 15.7. The molecule has 0 atom stereocenters. The van der Waals surface area contributed by atoms with Crippen molar-refractivity contribution in [2.45, 2.75) is 37.6 Å². The Labute approximate surface area is 193 Å². The maximum atomic E-state index is 12.9. The number of para-hydroxylation sites is 1. The number of hydrogen-bond donors (Lipinski definition) is 3. The molecule has 0 heterocycles. The summed E-state index contributed by atoms with van der Waals surface area (Å²) >= 11 is 0. The highest BCUT2D eigenvalue weighted by Crippen LogP contribution is 2.23. The van der Waals surface area contributed by atoms with Crippen LogP contribution < -0.4 is 15.4 Å². The maximum Gasteiger partial charge on any atom is 0.261 e. The van der Waals surface area contributed by atoms with Crippen LogP contribution in [0.15, 0.2) is 71.6 Å². The summed E-state index contributed by atoms with van der Waals surface area (Å²) < 4.78 is 28.4. The lowest BCUT2D eigenvalue weighted by molar-refractivity contribution is 0.0950. The summed E-state index contributed by atoms with van der Waals surface area (Å²) in [5, 5.41) is 5.69. The molecule has 8 heteroatoms. The number of rotatable bonds is 7. The zero-order valence-corrected chi connectivity index (χ0v) is 19.2. The van der Waals surface area contributed by atoms with Crippen LogP contribution in [0, 0.1) is 13.8 Å². The van der Waals surface area contributed by atoms with Gasteiger partial charge in [0.2, 0.25) is 0 Å². The van der Waals surface area contributed by atoms with Gasteiger partial charge in [-0.1, -0.05) is 24.3 Å². The molecule has 1 aliphatic carbocycles. The molecule has 0 aromatic heterocycles. The molecule has 1 saturated carbocycles. The Kier molecular flexibility index (Phi) is 6.20. The van der Waals surface area contributed by atoms with E-state index in [1.807, 2.05) is 19.1 Å². The molecule has 0 radical (unpaired) electrons.